The number of carbonyl (C=O) groups is 8. The molecule has 17 rings (SSSR count). The number of nitrogens with one attached hydrogen (secondary N) is 1. The average Bonchev–Trinajstić information content (AvgIpc) is 1.55. The van der Waals surface area contributed by atoms with E-state index in [0.29, 0.717) is 122 Å². The van der Waals surface area contributed by atoms with E-state index in [1.165, 1.54) is 67.6 Å². The van der Waals surface area contributed by atoms with Gasteiger partial charge in [0, 0.05) is 122 Å². The highest BCUT2D eigenvalue weighted by molar-refractivity contribution is 6.00. The van der Waals surface area contributed by atoms with E-state index < -0.39 is 74.9 Å². The topological polar surface area (TPSA) is 359 Å². The standard InChI is InChI=1S/C28H34FN5O3.C27H31F4N5O3.C26H30F4N6O2.C23H27N5O2/c1-17(2)21-12-22(18-6-8-20(29)9-7-18)31-34-15-23(30-24(21)34)26(36)33-11-10-32(16-27(33,3)4)25(35)19-13-28(5,37)14-19;1-24(2,3)18-13-19(16-7-9-17(28)10-8-16)33-36-14-20(32-21(18)36)22(37)35-12-11-34(15-25(35,4)5)23(38)26(6,39)27(29,30)31;1-15(2)18-12-19(16-6-8-17(27)9-7-16)33-36-13-20(32-21(18)36)22(37)35-11-10-34(14-24(35,3)4)23(38)25(5,31)26(28,29)30;1-14(2)17-12-18(16-8-6-7-15(3)11-16)26-28-13-19(25-20(17)28)21(29)27-10-9-24-22(30)23(27,4)5/h6-9,12,15,17,19,37H,10-11,13-14,16H2,1-5H3;7-10,13-14,39H,11-12,15H2,1-6H3;6-9,12-13,15H,10-11,14,31H2,1-5H3;6-8,11-14H,9-10H2,1-5H3,(H,24,30). The Hall–Kier alpha value is -13.6. The van der Waals surface area contributed by atoms with Crippen molar-refractivity contribution in [2.24, 2.45) is 11.7 Å². The predicted molar refractivity (Wildman–Crippen MR) is 521 cm³/mol. The van der Waals surface area contributed by atoms with Crippen LogP contribution in [0.2, 0.25) is 0 Å². The van der Waals surface area contributed by atoms with Gasteiger partial charge in [0.1, 0.15) is 45.8 Å². The summed E-state index contributed by atoms with van der Waals surface area (Å²) < 4.78 is 126. The van der Waals surface area contributed by atoms with Crippen LogP contribution in [0.5, 0.6) is 0 Å². The number of rotatable bonds is 14. The highest BCUT2D eigenvalue weighted by Gasteiger charge is 2.60. The Balaban J connectivity index is 0.000000153. The Morgan fingerprint density at radius 3 is 1.10 bits per heavy atom. The number of benzene rings is 4. The summed E-state index contributed by atoms with van der Waals surface area (Å²) >= 11 is 0. The summed E-state index contributed by atoms with van der Waals surface area (Å²) in [6.45, 7) is 38.6. The molecule has 0 bridgehead atoms. The van der Waals surface area contributed by atoms with Crippen LogP contribution in [0.3, 0.4) is 0 Å². The molecule has 40 heteroatoms. The fraction of sp³-hybridized carbons (Fsp3) is 0.462. The molecule has 4 aromatic carbocycles. The number of aliphatic hydroxyl groups is 2. The molecular weight excluding hydrogens is 1870 g/mol. The van der Waals surface area contributed by atoms with Crippen LogP contribution in [0.1, 0.15) is 239 Å². The smallest absolute Gasteiger partial charge is 0.390 e. The highest BCUT2D eigenvalue weighted by Crippen LogP contribution is 2.42. The first kappa shape index (κ1) is 106. The first-order chi connectivity index (χ1) is 66.9. The molecule has 5 fully saturated rings. The molecule has 1 aliphatic carbocycles. The third-order valence-corrected chi connectivity index (χ3v) is 27.2. The highest BCUT2D eigenvalue weighted by atomic mass is 19.4. The molecule has 8 aromatic heterocycles. The number of fused-ring (bicyclic) bond motifs is 4. The van der Waals surface area contributed by atoms with Gasteiger partial charge in [-0.05, 0) is 222 Å². The van der Waals surface area contributed by atoms with Crippen molar-refractivity contribution in [1.82, 2.24) is 98.0 Å². The number of halogens is 9. The predicted octanol–water partition coefficient (Wildman–Crippen LogP) is 15.3. The van der Waals surface area contributed by atoms with E-state index in [9.17, 15) is 88.1 Å². The van der Waals surface area contributed by atoms with Crippen LogP contribution in [-0.4, -0.2) is 273 Å². The quantitative estimate of drug-likeness (QED) is 0.0735. The number of piperazine rings is 4. The van der Waals surface area contributed by atoms with Gasteiger partial charge in [-0.1, -0.05) is 86.1 Å². The summed E-state index contributed by atoms with van der Waals surface area (Å²) in [4.78, 5) is 133. The number of alkyl halides is 6. The zero-order valence-corrected chi connectivity index (χ0v) is 84.5. The lowest BCUT2D eigenvalue weighted by molar-refractivity contribution is -0.251. The molecule has 0 spiro atoms. The van der Waals surface area contributed by atoms with Crippen molar-refractivity contribution in [3.05, 3.63) is 214 Å². The Labute approximate surface area is 827 Å². The molecule has 31 nitrogen and oxygen atoms in total. The molecule has 8 amide bonds. The fourth-order valence-corrected chi connectivity index (χ4v) is 18.7. The van der Waals surface area contributed by atoms with Crippen molar-refractivity contribution in [3.63, 3.8) is 0 Å². The molecule has 4 saturated heterocycles. The van der Waals surface area contributed by atoms with Crippen LogP contribution in [-0.2, 0) is 24.6 Å². The largest absolute Gasteiger partial charge is 0.426 e. The van der Waals surface area contributed by atoms with Crippen LogP contribution in [0.4, 0.5) is 39.5 Å². The van der Waals surface area contributed by atoms with Crippen LogP contribution in [0.25, 0.3) is 67.6 Å². The van der Waals surface area contributed by atoms with Crippen LogP contribution in [0.15, 0.2) is 146 Å². The van der Waals surface area contributed by atoms with Gasteiger partial charge in [-0.25, -0.2) is 51.2 Å². The second-order valence-corrected chi connectivity index (χ2v) is 42.7. The minimum atomic E-state index is -5.14. The lowest BCUT2D eigenvalue weighted by Gasteiger charge is -2.49. The van der Waals surface area contributed by atoms with Crippen molar-refractivity contribution in [1.29, 1.82) is 0 Å². The molecule has 1 saturated carbocycles. The normalized spacial score (nSPS) is 18.9. The summed E-state index contributed by atoms with van der Waals surface area (Å²) in [5.74, 6) is -4.99. The van der Waals surface area contributed by atoms with Gasteiger partial charge in [-0.3, -0.25) is 38.4 Å². The summed E-state index contributed by atoms with van der Waals surface area (Å²) in [6, 6.07) is 33.9. The maximum atomic E-state index is 13.7. The third kappa shape index (κ3) is 21.6. The second-order valence-electron chi connectivity index (χ2n) is 42.7. The Morgan fingerprint density at radius 1 is 0.431 bits per heavy atom. The zero-order valence-electron chi connectivity index (χ0n) is 84.5. The van der Waals surface area contributed by atoms with E-state index in [0.717, 1.165) is 54.4 Å². The monoisotopic (exact) mass is 2000 g/mol. The second kappa shape index (κ2) is 39.1. The SMILES string of the molecule is CC(C)(C)c1cc(-c2ccc(F)cc2)nn2cc(C(=O)N3CCN(C(=O)C(C)(O)C(F)(F)F)CC3(C)C)nc12.CC(C)c1cc(-c2ccc(F)cc2)nn2cc(C(=O)N3CCN(C(=O)C(C)(N)C(F)(F)F)CC3(C)C)nc12.CC(C)c1cc(-c2ccc(F)cc2)nn2cc(C(=O)N3CCN(C(=O)C4CC(C)(O)C4)CC3(C)C)nc12.Cc1cccc(-c2cc(C(C)C)c3nc(C(=O)N4CCNC(=O)C4(C)C)cn3n2)c1. The molecule has 12 aromatic rings. The van der Waals surface area contributed by atoms with Crippen LogP contribution < -0.4 is 11.1 Å². The summed E-state index contributed by atoms with van der Waals surface area (Å²) in [5, 5.41) is 41.3. The number of imidazole rings is 4. The maximum Gasteiger partial charge on any atom is 0.426 e. The van der Waals surface area contributed by atoms with Gasteiger partial charge in [0.25, 0.3) is 35.4 Å². The molecular formula is C104H122F9N21O10. The molecule has 4 aliphatic heterocycles. The Bertz CT molecular complexity index is 6940. The van der Waals surface area contributed by atoms with Crippen molar-refractivity contribution in [3.8, 4) is 45.0 Å². The first-order valence-electron chi connectivity index (χ1n) is 47.7. The van der Waals surface area contributed by atoms with Crippen LogP contribution in [0, 0.1) is 30.3 Å². The zero-order chi connectivity index (χ0) is 106. The van der Waals surface area contributed by atoms with E-state index in [1.54, 1.807) is 116 Å². The lowest BCUT2D eigenvalue weighted by Crippen LogP contribution is -2.68. The van der Waals surface area contributed by atoms with E-state index in [1.807, 2.05) is 89.8 Å². The van der Waals surface area contributed by atoms with Gasteiger partial charge in [0.15, 0.2) is 28.1 Å². The van der Waals surface area contributed by atoms with Crippen molar-refractivity contribution < 1.29 is 88.1 Å². The molecule has 766 valence electrons. The number of hydrogen-bond donors (Lipinski definition) is 4. The van der Waals surface area contributed by atoms with Crippen molar-refractivity contribution in [2.45, 2.75) is 233 Å². The molecule has 12 heterocycles. The van der Waals surface area contributed by atoms with Gasteiger partial charge in [-0.15, -0.1) is 0 Å². The summed E-state index contributed by atoms with van der Waals surface area (Å²) in [6.07, 6.45) is -2.76. The Kier molecular flexibility index (Phi) is 28.9. The van der Waals surface area contributed by atoms with Gasteiger partial charge in [0.05, 0.1) is 69.8 Å². The molecule has 5 aliphatic rings. The van der Waals surface area contributed by atoms with Gasteiger partial charge < -0.3 is 55.6 Å². The van der Waals surface area contributed by atoms with Crippen molar-refractivity contribution in [2.75, 3.05) is 72.0 Å². The number of aryl methyl sites for hydroxylation is 1. The minimum absolute atomic E-state index is 0.00464. The lowest BCUT2D eigenvalue weighted by atomic mass is 9.71. The van der Waals surface area contributed by atoms with E-state index >= 15 is 0 Å². The number of hydrogen-bond acceptors (Lipinski definition) is 19. The number of amides is 8. The molecule has 2 atom stereocenters. The number of nitrogens with zero attached hydrogens (tertiary/aromatic N) is 19. The number of aromatic nitrogens is 12. The van der Waals surface area contributed by atoms with E-state index in [2.05, 4.69) is 87.3 Å². The fourth-order valence-electron chi connectivity index (χ4n) is 18.7. The van der Waals surface area contributed by atoms with Crippen LogP contribution >= 0.6 is 0 Å². The molecule has 5 N–H and O–H groups in total. The summed E-state index contributed by atoms with van der Waals surface area (Å²) in [7, 11) is 0. The van der Waals surface area contributed by atoms with Gasteiger partial charge in [-0.2, -0.15) is 46.7 Å². The first-order valence-corrected chi connectivity index (χ1v) is 47.7. The number of carbonyl (C=O) groups excluding carboxylic acids is 8. The summed E-state index contributed by atoms with van der Waals surface area (Å²) in [5.41, 5.74) is 7.75. The van der Waals surface area contributed by atoms with E-state index in [-0.39, 0.29) is 121 Å². The molecule has 144 heavy (non-hydrogen) atoms. The average molecular weight is 2000 g/mol. The van der Waals surface area contributed by atoms with Gasteiger partial charge in [0.2, 0.25) is 17.4 Å². The third-order valence-electron chi connectivity index (χ3n) is 27.2. The van der Waals surface area contributed by atoms with Gasteiger partial charge >= 0.3 is 12.4 Å². The Morgan fingerprint density at radius 2 is 0.764 bits per heavy atom. The molecule has 0 radical (unpaired) electrons. The molecule has 2 unspecified atom stereocenters. The van der Waals surface area contributed by atoms with Crippen molar-refractivity contribution >= 4 is 69.8 Å². The van der Waals surface area contributed by atoms with E-state index in [4.69, 9.17) is 10.8 Å². The number of nitrogens with two attached hydrogens (primary N) is 1. The minimum Gasteiger partial charge on any atom is -0.390 e. The maximum absolute atomic E-state index is 13.7.